The predicted octanol–water partition coefficient (Wildman–Crippen LogP) is 2.47. The van der Waals surface area contributed by atoms with E-state index in [4.69, 9.17) is 10.2 Å². The number of hydrogen-bond donors (Lipinski definition) is 2. The van der Waals surface area contributed by atoms with Crippen LogP contribution in [0.25, 0.3) is 0 Å². The van der Waals surface area contributed by atoms with Gasteiger partial charge in [0.15, 0.2) is 0 Å². The number of nitrogens with two attached hydrogens (primary N) is 1. The van der Waals surface area contributed by atoms with Crippen LogP contribution in [0.15, 0.2) is 45.9 Å². The van der Waals surface area contributed by atoms with Gasteiger partial charge in [0.25, 0.3) is 0 Å². The van der Waals surface area contributed by atoms with E-state index in [0.717, 1.165) is 5.76 Å². The van der Waals surface area contributed by atoms with Crippen molar-refractivity contribution in [3.8, 4) is 0 Å². The van der Waals surface area contributed by atoms with Gasteiger partial charge in [0.1, 0.15) is 5.76 Å². The van der Waals surface area contributed by atoms with Crippen LogP contribution in [-0.4, -0.2) is 14.5 Å². The van der Waals surface area contributed by atoms with Crippen molar-refractivity contribution in [1.29, 1.82) is 0 Å². The molecule has 1 unspecified atom stereocenters. The average Bonchev–Trinajstić information content (AvgIpc) is 2.88. The zero-order valence-corrected chi connectivity index (χ0v) is 13.0. The van der Waals surface area contributed by atoms with Crippen LogP contribution in [0.1, 0.15) is 24.7 Å². The number of nitrogen functional groups attached to an aromatic ring is 1. The number of aryl methyl sites for hydroxylation is 2. The molecule has 1 atom stereocenters. The molecule has 1 aromatic carbocycles. The van der Waals surface area contributed by atoms with Gasteiger partial charge in [-0.1, -0.05) is 0 Å². The summed E-state index contributed by atoms with van der Waals surface area (Å²) in [5.74, 6) is 0.852. The molecular formula is C15H20N2O3S. The smallest absolute Gasteiger partial charge is 0.241 e. The van der Waals surface area contributed by atoms with E-state index in [1.165, 1.54) is 6.07 Å². The van der Waals surface area contributed by atoms with Crippen LogP contribution in [0.2, 0.25) is 0 Å². The molecule has 0 aliphatic carbocycles. The van der Waals surface area contributed by atoms with Crippen molar-refractivity contribution in [2.24, 2.45) is 0 Å². The van der Waals surface area contributed by atoms with Crippen molar-refractivity contribution < 1.29 is 12.8 Å². The Kier molecular flexibility index (Phi) is 4.69. The molecule has 0 saturated heterocycles. The number of rotatable bonds is 6. The van der Waals surface area contributed by atoms with E-state index in [2.05, 4.69) is 4.72 Å². The normalized spacial score (nSPS) is 13.2. The van der Waals surface area contributed by atoms with Gasteiger partial charge in [-0.05, 0) is 56.2 Å². The van der Waals surface area contributed by atoms with Gasteiger partial charge in [-0.15, -0.1) is 0 Å². The van der Waals surface area contributed by atoms with E-state index in [0.29, 0.717) is 24.1 Å². The van der Waals surface area contributed by atoms with E-state index in [-0.39, 0.29) is 10.9 Å². The van der Waals surface area contributed by atoms with E-state index in [1.807, 2.05) is 19.1 Å². The molecule has 21 heavy (non-hydrogen) atoms. The molecule has 3 N–H and O–H groups in total. The van der Waals surface area contributed by atoms with Gasteiger partial charge < -0.3 is 10.2 Å². The Morgan fingerprint density at radius 2 is 2.10 bits per heavy atom. The van der Waals surface area contributed by atoms with Crippen LogP contribution in [0, 0.1) is 6.92 Å². The summed E-state index contributed by atoms with van der Waals surface area (Å²) in [5.41, 5.74) is 6.84. The van der Waals surface area contributed by atoms with Crippen LogP contribution in [-0.2, 0) is 16.4 Å². The van der Waals surface area contributed by atoms with Gasteiger partial charge in [-0.25, -0.2) is 13.1 Å². The summed E-state index contributed by atoms with van der Waals surface area (Å²) in [6.07, 6.45) is 2.97. The minimum Gasteiger partial charge on any atom is -0.469 e. The lowest BCUT2D eigenvalue weighted by Gasteiger charge is -2.15. The van der Waals surface area contributed by atoms with Crippen molar-refractivity contribution in [3.63, 3.8) is 0 Å². The minimum absolute atomic E-state index is 0.183. The number of nitrogens with one attached hydrogen (secondary N) is 1. The Labute approximate surface area is 125 Å². The second kappa shape index (κ2) is 6.32. The van der Waals surface area contributed by atoms with E-state index in [9.17, 15) is 8.42 Å². The van der Waals surface area contributed by atoms with Gasteiger partial charge in [-0.3, -0.25) is 0 Å². The molecule has 5 nitrogen and oxygen atoms in total. The van der Waals surface area contributed by atoms with Crippen molar-refractivity contribution in [3.05, 3.63) is 47.9 Å². The Morgan fingerprint density at radius 1 is 1.33 bits per heavy atom. The highest BCUT2D eigenvalue weighted by atomic mass is 32.2. The molecule has 1 aromatic heterocycles. The summed E-state index contributed by atoms with van der Waals surface area (Å²) >= 11 is 0. The first kappa shape index (κ1) is 15.6. The highest BCUT2D eigenvalue weighted by Crippen LogP contribution is 2.18. The molecule has 0 aliphatic heterocycles. The first-order valence-electron chi connectivity index (χ1n) is 6.79. The van der Waals surface area contributed by atoms with Crippen LogP contribution in [0.5, 0.6) is 0 Å². The lowest BCUT2D eigenvalue weighted by molar-refractivity contribution is 0.480. The highest BCUT2D eigenvalue weighted by molar-refractivity contribution is 7.89. The molecule has 0 spiro atoms. The molecule has 0 fully saturated rings. The maximum atomic E-state index is 12.4. The van der Waals surface area contributed by atoms with Crippen LogP contribution < -0.4 is 10.5 Å². The first-order chi connectivity index (χ1) is 9.88. The van der Waals surface area contributed by atoms with Gasteiger partial charge in [0, 0.05) is 18.2 Å². The molecular weight excluding hydrogens is 288 g/mol. The summed E-state index contributed by atoms with van der Waals surface area (Å²) in [7, 11) is -3.53. The molecule has 114 valence electrons. The maximum absolute atomic E-state index is 12.4. The zero-order chi connectivity index (χ0) is 15.5. The molecule has 1 heterocycles. The molecule has 2 rings (SSSR count). The zero-order valence-electron chi connectivity index (χ0n) is 12.2. The third kappa shape index (κ3) is 4.09. The van der Waals surface area contributed by atoms with Crippen LogP contribution in [0.3, 0.4) is 0 Å². The summed E-state index contributed by atoms with van der Waals surface area (Å²) in [6, 6.07) is 8.30. The maximum Gasteiger partial charge on any atom is 0.241 e. The molecule has 0 radical (unpaired) electrons. The van der Waals surface area contributed by atoms with Gasteiger partial charge in [0.2, 0.25) is 10.0 Å². The SMILES string of the molecule is Cc1cc(N)ccc1S(=O)(=O)NC(C)CCc1ccco1. The fourth-order valence-electron chi connectivity index (χ4n) is 2.17. The fraction of sp³-hybridized carbons (Fsp3) is 0.333. The number of sulfonamides is 1. The fourth-order valence-corrected chi connectivity index (χ4v) is 3.68. The lowest BCUT2D eigenvalue weighted by atomic mass is 10.2. The second-order valence-electron chi connectivity index (χ2n) is 5.17. The molecule has 6 heteroatoms. The summed E-state index contributed by atoms with van der Waals surface area (Å²) in [4.78, 5) is 0.265. The number of hydrogen-bond acceptors (Lipinski definition) is 4. The topological polar surface area (TPSA) is 85.3 Å². The minimum atomic E-state index is -3.53. The number of anilines is 1. The van der Waals surface area contributed by atoms with Crippen molar-refractivity contribution in [2.45, 2.75) is 37.6 Å². The Morgan fingerprint density at radius 3 is 2.71 bits per heavy atom. The van der Waals surface area contributed by atoms with Crippen molar-refractivity contribution >= 4 is 15.7 Å². The van der Waals surface area contributed by atoms with Gasteiger partial charge in [0.05, 0.1) is 11.2 Å². The van der Waals surface area contributed by atoms with E-state index < -0.39 is 10.0 Å². The van der Waals surface area contributed by atoms with Crippen molar-refractivity contribution in [2.75, 3.05) is 5.73 Å². The molecule has 2 aromatic rings. The second-order valence-corrected chi connectivity index (χ2v) is 6.85. The number of benzene rings is 1. The summed E-state index contributed by atoms with van der Waals surface area (Å²) in [6.45, 7) is 3.57. The Balaban J connectivity index is 2.02. The average molecular weight is 308 g/mol. The largest absolute Gasteiger partial charge is 0.469 e. The van der Waals surface area contributed by atoms with E-state index >= 15 is 0 Å². The van der Waals surface area contributed by atoms with Crippen molar-refractivity contribution in [1.82, 2.24) is 4.72 Å². The van der Waals surface area contributed by atoms with Gasteiger partial charge >= 0.3 is 0 Å². The molecule has 0 bridgehead atoms. The number of furan rings is 1. The highest BCUT2D eigenvalue weighted by Gasteiger charge is 2.19. The quantitative estimate of drug-likeness (QED) is 0.803. The molecule has 0 amide bonds. The Bertz CT molecular complexity index is 694. The van der Waals surface area contributed by atoms with Gasteiger partial charge in [-0.2, -0.15) is 0 Å². The van der Waals surface area contributed by atoms with Crippen LogP contribution in [0.4, 0.5) is 5.69 Å². The van der Waals surface area contributed by atoms with Crippen LogP contribution >= 0.6 is 0 Å². The third-order valence-electron chi connectivity index (χ3n) is 3.25. The predicted molar refractivity (Wildman–Crippen MR) is 82.4 cm³/mol. The first-order valence-corrected chi connectivity index (χ1v) is 8.27. The summed E-state index contributed by atoms with van der Waals surface area (Å²) < 4.78 is 32.6. The molecule has 0 aliphatic rings. The Hall–Kier alpha value is -1.79. The third-order valence-corrected chi connectivity index (χ3v) is 5.00. The van der Waals surface area contributed by atoms with E-state index in [1.54, 1.807) is 25.3 Å². The summed E-state index contributed by atoms with van der Waals surface area (Å²) in [5, 5.41) is 0. The lowest BCUT2D eigenvalue weighted by Crippen LogP contribution is -2.33. The molecule has 0 saturated carbocycles. The standard InChI is InChI=1S/C15H20N2O3S/c1-11-10-13(16)6-8-15(11)21(18,19)17-12(2)5-7-14-4-3-9-20-14/h3-4,6,8-10,12,17H,5,7,16H2,1-2H3. The monoisotopic (exact) mass is 308 g/mol.